The third-order valence-corrected chi connectivity index (χ3v) is 3.87. The van der Waals surface area contributed by atoms with Gasteiger partial charge in [-0.2, -0.15) is 0 Å². The monoisotopic (exact) mass is 313 g/mol. The van der Waals surface area contributed by atoms with Crippen LogP contribution in [0.2, 0.25) is 5.02 Å². The Morgan fingerprint density at radius 2 is 2.00 bits per heavy atom. The van der Waals surface area contributed by atoms with Crippen molar-refractivity contribution in [2.24, 2.45) is 0 Å². The number of rotatable bonds is 3. The molecule has 22 heavy (non-hydrogen) atoms. The summed E-state index contributed by atoms with van der Waals surface area (Å²) in [5.41, 5.74) is 1.61. The highest BCUT2D eigenvalue weighted by Crippen LogP contribution is 2.25. The molecular formula is C17H16ClN3O. The SMILES string of the molecule is O=C(Nc1ccccc1)C1=CCN(c2ncccc2Cl)CC1. The molecule has 1 aromatic carbocycles. The minimum atomic E-state index is -0.0435. The standard InChI is InChI=1S/C17H16ClN3O/c18-15-7-4-10-19-16(15)21-11-8-13(9-12-21)17(22)20-14-5-2-1-3-6-14/h1-8,10H,9,11-12H2,(H,20,22). The van der Waals surface area contributed by atoms with E-state index in [-0.39, 0.29) is 5.91 Å². The van der Waals surface area contributed by atoms with Gasteiger partial charge in [0.2, 0.25) is 0 Å². The molecule has 1 aliphatic heterocycles. The fourth-order valence-electron chi connectivity index (χ4n) is 2.41. The first-order valence-electron chi connectivity index (χ1n) is 7.15. The molecule has 4 nitrogen and oxygen atoms in total. The Kier molecular flexibility index (Phi) is 4.39. The van der Waals surface area contributed by atoms with Gasteiger partial charge in [0, 0.05) is 30.5 Å². The summed E-state index contributed by atoms with van der Waals surface area (Å²) in [6.45, 7) is 1.36. The van der Waals surface area contributed by atoms with Gasteiger partial charge in [0.05, 0.1) is 5.02 Å². The quantitative estimate of drug-likeness (QED) is 0.943. The fourth-order valence-corrected chi connectivity index (χ4v) is 2.65. The average molecular weight is 314 g/mol. The van der Waals surface area contributed by atoms with E-state index in [4.69, 9.17) is 11.6 Å². The number of hydrogen-bond donors (Lipinski definition) is 1. The molecule has 0 bridgehead atoms. The molecule has 112 valence electrons. The van der Waals surface area contributed by atoms with Crippen molar-refractivity contribution in [2.75, 3.05) is 23.3 Å². The van der Waals surface area contributed by atoms with Crippen LogP contribution in [0.4, 0.5) is 11.5 Å². The smallest absolute Gasteiger partial charge is 0.251 e. The Morgan fingerprint density at radius 1 is 1.18 bits per heavy atom. The van der Waals surface area contributed by atoms with E-state index in [1.54, 1.807) is 6.20 Å². The van der Waals surface area contributed by atoms with Gasteiger partial charge in [0.1, 0.15) is 5.82 Å². The number of benzene rings is 1. The van der Waals surface area contributed by atoms with Crippen molar-refractivity contribution >= 4 is 29.0 Å². The van der Waals surface area contributed by atoms with E-state index < -0.39 is 0 Å². The molecule has 0 aliphatic carbocycles. The van der Waals surface area contributed by atoms with Gasteiger partial charge in [0.25, 0.3) is 5.91 Å². The van der Waals surface area contributed by atoms with Crippen molar-refractivity contribution in [3.8, 4) is 0 Å². The highest BCUT2D eigenvalue weighted by atomic mass is 35.5. The molecule has 1 aliphatic rings. The summed E-state index contributed by atoms with van der Waals surface area (Å²) < 4.78 is 0. The van der Waals surface area contributed by atoms with Gasteiger partial charge in [-0.15, -0.1) is 0 Å². The maximum Gasteiger partial charge on any atom is 0.251 e. The molecule has 1 N–H and O–H groups in total. The first kappa shape index (κ1) is 14.6. The van der Waals surface area contributed by atoms with Crippen molar-refractivity contribution in [3.05, 3.63) is 65.3 Å². The molecule has 0 saturated carbocycles. The van der Waals surface area contributed by atoms with E-state index >= 15 is 0 Å². The van der Waals surface area contributed by atoms with Crippen LogP contribution in [-0.2, 0) is 4.79 Å². The van der Waals surface area contributed by atoms with Crippen molar-refractivity contribution in [1.82, 2.24) is 4.98 Å². The van der Waals surface area contributed by atoms with E-state index in [2.05, 4.69) is 15.2 Å². The lowest BCUT2D eigenvalue weighted by Gasteiger charge is -2.27. The lowest BCUT2D eigenvalue weighted by Crippen LogP contribution is -2.32. The zero-order chi connectivity index (χ0) is 15.4. The van der Waals surface area contributed by atoms with Gasteiger partial charge in [-0.05, 0) is 30.7 Å². The van der Waals surface area contributed by atoms with E-state index in [0.29, 0.717) is 18.0 Å². The number of hydrogen-bond acceptors (Lipinski definition) is 3. The second kappa shape index (κ2) is 6.62. The van der Waals surface area contributed by atoms with Crippen molar-refractivity contribution in [2.45, 2.75) is 6.42 Å². The molecule has 5 heteroatoms. The van der Waals surface area contributed by atoms with Gasteiger partial charge in [-0.1, -0.05) is 35.9 Å². The molecule has 3 rings (SSSR count). The average Bonchev–Trinajstić information content (AvgIpc) is 2.56. The van der Waals surface area contributed by atoms with Crippen LogP contribution in [0.25, 0.3) is 0 Å². The molecule has 2 aromatic rings. The Hall–Kier alpha value is -2.33. The summed E-state index contributed by atoms with van der Waals surface area (Å²) in [4.78, 5) is 18.6. The number of halogens is 1. The largest absolute Gasteiger partial charge is 0.351 e. The predicted molar refractivity (Wildman–Crippen MR) is 89.2 cm³/mol. The number of amides is 1. The van der Waals surface area contributed by atoms with E-state index in [1.165, 1.54) is 0 Å². The zero-order valence-electron chi connectivity index (χ0n) is 12.0. The van der Waals surface area contributed by atoms with Gasteiger partial charge >= 0.3 is 0 Å². The molecule has 0 atom stereocenters. The minimum absolute atomic E-state index is 0.0435. The third-order valence-electron chi connectivity index (χ3n) is 3.57. The summed E-state index contributed by atoms with van der Waals surface area (Å²) in [6, 6.07) is 13.1. The Labute approximate surface area is 134 Å². The number of carbonyl (C=O) groups excluding carboxylic acids is 1. The molecule has 0 fully saturated rings. The van der Waals surface area contributed by atoms with Crippen LogP contribution in [0.15, 0.2) is 60.3 Å². The highest BCUT2D eigenvalue weighted by molar-refractivity contribution is 6.32. The predicted octanol–water partition coefficient (Wildman–Crippen LogP) is 3.51. The van der Waals surface area contributed by atoms with E-state index in [9.17, 15) is 4.79 Å². The second-order valence-corrected chi connectivity index (χ2v) is 5.46. The van der Waals surface area contributed by atoms with Gasteiger partial charge < -0.3 is 10.2 Å². The van der Waals surface area contributed by atoms with Crippen molar-refractivity contribution in [1.29, 1.82) is 0 Å². The van der Waals surface area contributed by atoms with E-state index in [1.807, 2.05) is 48.5 Å². The summed E-state index contributed by atoms with van der Waals surface area (Å²) >= 11 is 6.16. The number of carbonyl (C=O) groups is 1. The van der Waals surface area contributed by atoms with Crippen LogP contribution >= 0.6 is 11.6 Å². The minimum Gasteiger partial charge on any atom is -0.351 e. The second-order valence-electron chi connectivity index (χ2n) is 5.05. The van der Waals surface area contributed by atoms with Crippen LogP contribution in [0, 0.1) is 0 Å². The molecule has 2 heterocycles. The van der Waals surface area contributed by atoms with Crippen LogP contribution < -0.4 is 10.2 Å². The molecule has 0 unspecified atom stereocenters. The number of anilines is 2. The first-order valence-corrected chi connectivity index (χ1v) is 7.53. The number of aromatic nitrogens is 1. The topological polar surface area (TPSA) is 45.2 Å². The van der Waals surface area contributed by atoms with Crippen molar-refractivity contribution in [3.63, 3.8) is 0 Å². The van der Waals surface area contributed by atoms with E-state index in [0.717, 1.165) is 23.6 Å². The van der Waals surface area contributed by atoms with Crippen LogP contribution in [0.3, 0.4) is 0 Å². The van der Waals surface area contributed by atoms with Crippen LogP contribution in [0.1, 0.15) is 6.42 Å². The summed E-state index contributed by atoms with van der Waals surface area (Å²) in [5.74, 6) is 0.723. The van der Waals surface area contributed by atoms with Gasteiger partial charge in [-0.3, -0.25) is 4.79 Å². The third kappa shape index (κ3) is 3.28. The molecule has 1 aromatic heterocycles. The van der Waals surface area contributed by atoms with Gasteiger partial charge in [0.15, 0.2) is 0 Å². The zero-order valence-corrected chi connectivity index (χ0v) is 12.8. The maximum atomic E-state index is 12.2. The number of para-hydroxylation sites is 1. The summed E-state index contributed by atoms with van der Waals surface area (Å²) in [5, 5.41) is 3.54. The number of nitrogens with zero attached hydrogens (tertiary/aromatic N) is 2. The lowest BCUT2D eigenvalue weighted by atomic mass is 10.1. The molecule has 0 saturated heterocycles. The first-order chi connectivity index (χ1) is 10.7. The van der Waals surface area contributed by atoms with Crippen LogP contribution in [-0.4, -0.2) is 24.0 Å². The van der Waals surface area contributed by atoms with Crippen LogP contribution in [0.5, 0.6) is 0 Å². The Balaban J connectivity index is 1.66. The molecular weight excluding hydrogens is 298 g/mol. The van der Waals surface area contributed by atoms with Gasteiger partial charge in [-0.25, -0.2) is 4.98 Å². The Bertz CT molecular complexity index is 700. The molecule has 0 spiro atoms. The molecule has 1 amide bonds. The Morgan fingerprint density at radius 3 is 2.68 bits per heavy atom. The maximum absolute atomic E-state index is 12.2. The fraction of sp³-hybridized carbons (Fsp3) is 0.176. The number of nitrogens with one attached hydrogen (secondary N) is 1. The van der Waals surface area contributed by atoms with Crippen molar-refractivity contribution < 1.29 is 4.79 Å². The number of pyridine rings is 1. The summed E-state index contributed by atoms with van der Waals surface area (Å²) in [6.07, 6.45) is 4.33. The normalized spacial score (nSPS) is 14.4. The highest BCUT2D eigenvalue weighted by Gasteiger charge is 2.19. The molecule has 0 radical (unpaired) electrons. The lowest BCUT2D eigenvalue weighted by molar-refractivity contribution is -0.113. The summed E-state index contributed by atoms with van der Waals surface area (Å²) in [7, 11) is 0.